The maximum atomic E-state index is 6.01. The standard InChI is InChI=1S/C16H19NO3/c1-3-19-14-8-5-9-15(16(14)17)20-11-12-6-4-7-13(10-12)18-2/h4-10H,3,11,17H2,1-2H3. The van der Waals surface area contributed by atoms with Crippen LogP contribution >= 0.6 is 0 Å². The summed E-state index contributed by atoms with van der Waals surface area (Å²) in [5, 5.41) is 0. The van der Waals surface area contributed by atoms with Gasteiger partial charge in [0, 0.05) is 0 Å². The summed E-state index contributed by atoms with van der Waals surface area (Å²) in [4.78, 5) is 0. The predicted molar refractivity (Wildman–Crippen MR) is 79.3 cm³/mol. The fourth-order valence-corrected chi connectivity index (χ4v) is 1.85. The normalized spacial score (nSPS) is 10.1. The lowest BCUT2D eigenvalue weighted by molar-refractivity contribution is 0.301. The van der Waals surface area contributed by atoms with Gasteiger partial charge in [0.15, 0.2) is 0 Å². The largest absolute Gasteiger partial charge is 0.497 e. The van der Waals surface area contributed by atoms with Gasteiger partial charge in [-0.15, -0.1) is 0 Å². The van der Waals surface area contributed by atoms with E-state index in [1.165, 1.54) is 0 Å². The van der Waals surface area contributed by atoms with Gasteiger partial charge in [0.25, 0.3) is 0 Å². The molecular weight excluding hydrogens is 254 g/mol. The lowest BCUT2D eigenvalue weighted by Crippen LogP contribution is -2.02. The molecule has 0 heterocycles. The van der Waals surface area contributed by atoms with Crippen molar-refractivity contribution >= 4 is 5.69 Å². The highest BCUT2D eigenvalue weighted by Crippen LogP contribution is 2.31. The molecule has 106 valence electrons. The van der Waals surface area contributed by atoms with Crippen LogP contribution in [-0.2, 0) is 6.61 Å². The Morgan fingerprint density at radius 3 is 2.40 bits per heavy atom. The zero-order chi connectivity index (χ0) is 14.4. The minimum Gasteiger partial charge on any atom is -0.497 e. The van der Waals surface area contributed by atoms with E-state index in [0.717, 1.165) is 11.3 Å². The number of para-hydroxylation sites is 1. The number of nitrogen functional groups attached to an aromatic ring is 1. The van der Waals surface area contributed by atoms with Crippen molar-refractivity contribution in [3.05, 3.63) is 48.0 Å². The van der Waals surface area contributed by atoms with E-state index in [-0.39, 0.29) is 0 Å². The van der Waals surface area contributed by atoms with Crippen LogP contribution in [0.25, 0.3) is 0 Å². The SMILES string of the molecule is CCOc1cccc(OCc2cccc(OC)c2)c1N. The van der Waals surface area contributed by atoms with Crippen molar-refractivity contribution in [3.63, 3.8) is 0 Å². The first-order chi connectivity index (χ1) is 9.74. The van der Waals surface area contributed by atoms with Gasteiger partial charge in [-0.3, -0.25) is 0 Å². The summed E-state index contributed by atoms with van der Waals surface area (Å²) in [6.07, 6.45) is 0. The second kappa shape index (κ2) is 6.70. The number of hydrogen-bond acceptors (Lipinski definition) is 4. The van der Waals surface area contributed by atoms with Crippen LogP contribution in [0.2, 0.25) is 0 Å². The molecule has 0 saturated heterocycles. The molecule has 0 bridgehead atoms. The highest BCUT2D eigenvalue weighted by Gasteiger charge is 2.07. The van der Waals surface area contributed by atoms with Gasteiger partial charge >= 0.3 is 0 Å². The molecule has 4 heteroatoms. The Hall–Kier alpha value is -2.36. The number of anilines is 1. The minimum absolute atomic E-state index is 0.428. The molecule has 0 spiro atoms. The summed E-state index contributed by atoms with van der Waals surface area (Å²) in [5.74, 6) is 2.08. The van der Waals surface area contributed by atoms with Crippen LogP contribution in [0.4, 0.5) is 5.69 Å². The van der Waals surface area contributed by atoms with Gasteiger partial charge in [0.1, 0.15) is 29.5 Å². The van der Waals surface area contributed by atoms with E-state index in [4.69, 9.17) is 19.9 Å². The van der Waals surface area contributed by atoms with Crippen LogP contribution in [0.1, 0.15) is 12.5 Å². The minimum atomic E-state index is 0.428. The van der Waals surface area contributed by atoms with Gasteiger partial charge in [0.05, 0.1) is 13.7 Å². The highest BCUT2D eigenvalue weighted by molar-refractivity contribution is 5.62. The van der Waals surface area contributed by atoms with Crippen LogP contribution in [0.15, 0.2) is 42.5 Å². The summed E-state index contributed by atoms with van der Waals surface area (Å²) >= 11 is 0. The average Bonchev–Trinajstić information content (AvgIpc) is 2.48. The molecule has 2 N–H and O–H groups in total. The number of nitrogens with two attached hydrogens (primary N) is 1. The molecule has 0 aliphatic heterocycles. The molecular formula is C16H19NO3. The van der Waals surface area contributed by atoms with E-state index in [9.17, 15) is 0 Å². The van der Waals surface area contributed by atoms with Crippen molar-refractivity contribution in [1.82, 2.24) is 0 Å². The Morgan fingerprint density at radius 1 is 1.00 bits per heavy atom. The van der Waals surface area contributed by atoms with Crippen LogP contribution in [0, 0.1) is 0 Å². The Labute approximate surface area is 119 Å². The Balaban J connectivity index is 2.08. The van der Waals surface area contributed by atoms with E-state index in [2.05, 4.69) is 0 Å². The van der Waals surface area contributed by atoms with Crippen LogP contribution in [0.3, 0.4) is 0 Å². The lowest BCUT2D eigenvalue weighted by atomic mass is 10.2. The third-order valence-corrected chi connectivity index (χ3v) is 2.85. The van der Waals surface area contributed by atoms with Crippen molar-refractivity contribution in [1.29, 1.82) is 0 Å². The molecule has 4 nitrogen and oxygen atoms in total. The zero-order valence-electron chi connectivity index (χ0n) is 11.8. The molecule has 2 aromatic carbocycles. The van der Waals surface area contributed by atoms with E-state index in [0.29, 0.717) is 30.4 Å². The van der Waals surface area contributed by atoms with Crippen molar-refractivity contribution in [2.75, 3.05) is 19.5 Å². The average molecular weight is 273 g/mol. The fourth-order valence-electron chi connectivity index (χ4n) is 1.85. The van der Waals surface area contributed by atoms with E-state index in [1.54, 1.807) is 7.11 Å². The first-order valence-corrected chi connectivity index (χ1v) is 6.51. The quantitative estimate of drug-likeness (QED) is 0.821. The molecule has 0 aliphatic carbocycles. The maximum Gasteiger partial charge on any atom is 0.146 e. The first-order valence-electron chi connectivity index (χ1n) is 6.51. The molecule has 0 unspecified atom stereocenters. The lowest BCUT2D eigenvalue weighted by Gasteiger charge is -2.13. The van der Waals surface area contributed by atoms with E-state index in [1.807, 2.05) is 49.4 Å². The molecule has 0 aromatic heterocycles. The maximum absolute atomic E-state index is 6.01. The Kier molecular flexibility index (Phi) is 4.71. The van der Waals surface area contributed by atoms with Crippen molar-refractivity contribution in [2.24, 2.45) is 0 Å². The molecule has 2 rings (SSSR count). The van der Waals surface area contributed by atoms with Crippen LogP contribution < -0.4 is 19.9 Å². The summed E-state index contributed by atoms with van der Waals surface area (Å²) < 4.78 is 16.4. The Bertz CT molecular complexity index is 569. The number of benzene rings is 2. The molecule has 0 radical (unpaired) electrons. The predicted octanol–water partition coefficient (Wildman–Crippen LogP) is 3.26. The monoisotopic (exact) mass is 273 g/mol. The molecule has 0 aliphatic rings. The molecule has 2 aromatic rings. The van der Waals surface area contributed by atoms with Gasteiger partial charge < -0.3 is 19.9 Å². The van der Waals surface area contributed by atoms with Gasteiger partial charge in [-0.25, -0.2) is 0 Å². The second-order valence-electron chi connectivity index (χ2n) is 4.24. The number of methoxy groups -OCH3 is 1. The second-order valence-corrected chi connectivity index (χ2v) is 4.24. The Morgan fingerprint density at radius 2 is 1.70 bits per heavy atom. The van der Waals surface area contributed by atoms with Crippen molar-refractivity contribution in [3.8, 4) is 17.2 Å². The molecule has 0 amide bonds. The van der Waals surface area contributed by atoms with Crippen LogP contribution in [-0.4, -0.2) is 13.7 Å². The summed E-state index contributed by atoms with van der Waals surface area (Å²) in [6, 6.07) is 13.3. The van der Waals surface area contributed by atoms with E-state index >= 15 is 0 Å². The van der Waals surface area contributed by atoms with Crippen molar-refractivity contribution in [2.45, 2.75) is 13.5 Å². The summed E-state index contributed by atoms with van der Waals surface area (Å²) in [5.41, 5.74) is 7.56. The smallest absolute Gasteiger partial charge is 0.146 e. The third-order valence-electron chi connectivity index (χ3n) is 2.85. The van der Waals surface area contributed by atoms with Gasteiger partial charge in [-0.1, -0.05) is 18.2 Å². The van der Waals surface area contributed by atoms with Gasteiger partial charge in [0.2, 0.25) is 0 Å². The molecule has 0 saturated carbocycles. The topological polar surface area (TPSA) is 53.7 Å². The first kappa shape index (κ1) is 14.1. The molecule has 20 heavy (non-hydrogen) atoms. The zero-order valence-corrected chi connectivity index (χ0v) is 11.8. The number of rotatable bonds is 6. The fraction of sp³-hybridized carbons (Fsp3) is 0.250. The number of ether oxygens (including phenoxy) is 3. The van der Waals surface area contributed by atoms with Crippen LogP contribution in [0.5, 0.6) is 17.2 Å². The van der Waals surface area contributed by atoms with Gasteiger partial charge in [-0.05, 0) is 36.8 Å². The van der Waals surface area contributed by atoms with E-state index < -0.39 is 0 Å². The summed E-state index contributed by atoms with van der Waals surface area (Å²) in [7, 11) is 1.64. The molecule has 0 atom stereocenters. The number of hydrogen-bond donors (Lipinski definition) is 1. The highest BCUT2D eigenvalue weighted by atomic mass is 16.5. The molecule has 0 fully saturated rings. The van der Waals surface area contributed by atoms with Gasteiger partial charge in [-0.2, -0.15) is 0 Å². The van der Waals surface area contributed by atoms with Crippen molar-refractivity contribution < 1.29 is 14.2 Å². The summed E-state index contributed by atoms with van der Waals surface area (Å²) in [6.45, 7) is 2.92. The third kappa shape index (κ3) is 3.35.